The van der Waals surface area contributed by atoms with E-state index in [1.54, 1.807) is 72.1 Å². The number of amides is 5. The fourth-order valence-electron chi connectivity index (χ4n) is 6.98. The van der Waals surface area contributed by atoms with E-state index >= 15 is 0 Å². The highest BCUT2D eigenvalue weighted by Gasteiger charge is 2.28. The van der Waals surface area contributed by atoms with Gasteiger partial charge in [0.25, 0.3) is 0 Å². The number of unbranched alkanes of at least 4 members (excludes halogenated alkanes) is 11. The number of carboxylic acids is 1. The predicted octanol–water partition coefficient (Wildman–Crippen LogP) is 9.83. The van der Waals surface area contributed by atoms with E-state index in [-0.39, 0.29) is 50.6 Å². The smallest absolute Gasteiger partial charge is 0.410 e. The summed E-state index contributed by atoms with van der Waals surface area (Å²) >= 11 is 0. The highest BCUT2D eigenvalue weighted by atomic mass is 16.6. The molecule has 394 valence electrons. The molecule has 1 rings (SSSR count). The standard InChI is InChI=1S/C52H89N5O12/c1-50(2,3)67-46(62)42(55-44(59)30-22-17-15-13-11-10-12-14-16-18-23-31-45(60)61)32-33-43(58)53-34-26-38-56(48(64)68-51(4,5)6)36-24-25-37-57(49(65)69-52(7,8)9)39-27-35-54-47(63)66-40-41-28-20-19-21-29-41/h19-21,28-29,42H,10-18,22-27,30-40H2,1-9H3,(H,53,58)(H,54,63)(H,55,59)(H,60,61)/t42-/m0/s1. The number of alkyl carbamates (subject to hydrolysis) is 1. The van der Waals surface area contributed by atoms with Crippen LogP contribution in [0.1, 0.15) is 190 Å². The third-order valence-corrected chi connectivity index (χ3v) is 10.4. The zero-order valence-electron chi connectivity index (χ0n) is 43.7. The van der Waals surface area contributed by atoms with Crippen LogP contribution < -0.4 is 16.0 Å². The molecule has 0 aliphatic carbocycles. The van der Waals surface area contributed by atoms with E-state index in [0.29, 0.717) is 64.8 Å². The number of aliphatic carboxylic acids is 1. The number of hydrogen-bond donors (Lipinski definition) is 4. The van der Waals surface area contributed by atoms with Crippen molar-refractivity contribution >= 4 is 42.0 Å². The summed E-state index contributed by atoms with van der Waals surface area (Å²) in [6, 6.07) is 8.38. The highest BCUT2D eigenvalue weighted by molar-refractivity contribution is 5.85. The van der Waals surface area contributed by atoms with E-state index in [4.69, 9.17) is 24.1 Å². The van der Waals surface area contributed by atoms with Gasteiger partial charge in [-0.2, -0.15) is 0 Å². The summed E-state index contributed by atoms with van der Waals surface area (Å²) in [6.45, 7) is 18.0. The summed E-state index contributed by atoms with van der Waals surface area (Å²) in [5.41, 5.74) is -1.34. The maximum atomic E-state index is 13.3. The number of carboxylic acid groups (broad SMARTS) is 1. The van der Waals surface area contributed by atoms with Gasteiger partial charge < -0.3 is 49.8 Å². The van der Waals surface area contributed by atoms with Crippen LogP contribution in [-0.4, -0.2) is 119 Å². The van der Waals surface area contributed by atoms with Crippen LogP contribution in [-0.2, 0) is 44.7 Å². The van der Waals surface area contributed by atoms with Crippen LogP contribution in [0.2, 0.25) is 0 Å². The zero-order valence-corrected chi connectivity index (χ0v) is 43.7. The van der Waals surface area contributed by atoms with E-state index < -0.39 is 53.1 Å². The Morgan fingerprint density at radius 1 is 0.522 bits per heavy atom. The fourth-order valence-corrected chi connectivity index (χ4v) is 6.98. The minimum Gasteiger partial charge on any atom is -0.481 e. The van der Waals surface area contributed by atoms with Crippen molar-refractivity contribution in [2.75, 3.05) is 39.3 Å². The van der Waals surface area contributed by atoms with Crippen LogP contribution in [0.5, 0.6) is 0 Å². The topological polar surface area (TPSA) is 219 Å². The van der Waals surface area contributed by atoms with Crippen molar-refractivity contribution in [2.45, 2.75) is 214 Å². The lowest BCUT2D eigenvalue weighted by atomic mass is 10.0. The average Bonchev–Trinajstić information content (AvgIpc) is 3.24. The van der Waals surface area contributed by atoms with Gasteiger partial charge in [0.1, 0.15) is 29.5 Å². The molecule has 0 bridgehead atoms. The van der Waals surface area contributed by atoms with E-state index in [9.17, 15) is 33.6 Å². The summed E-state index contributed by atoms with van der Waals surface area (Å²) < 4.78 is 22.2. The maximum Gasteiger partial charge on any atom is 0.410 e. The van der Waals surface area contributed by atoms with Crippen LogP contribution in [0.25, 0.3) is 0 Å². The molecule has 69 heavy (non-hydrogen) atoms. The van der Waals surface area contributed by atoms with Crippen LogP contribution in [0.15, 0.2) is 30.3 Å². The third kappa shape index (κ3) is 35.7. The summed E-state index contributed by atoms with van der Waals surface area (Å²) in [4.78, 5) is 91.4. The third-order valence-electron chi connectivity index (χ3n) is 10.4. The van der Waals surface area contributed by atoms with Gasteiger partial charge in [-0.1, -0.05) is 88.1 Å². The summed E-state index contributed by atoms with van der Waals surface area (Å²) in [5, 5.41) is 17.1. The zero-order chi connectivity index (χ0) is 51.7. The SMILES string of the molecule is CC(C)(C)OC(=O)[C@H](CCC(=O)NCCCN(CCCCN(CCCNC(=O)OCc1ccccc1)C(=O)OC(C)(C)C)C(=O)OC(C)(C)C)NC(=O)CCCCCCCCCCCCCC(=O)O. The minimum absolute atomic E-state index is 0.0230. The number of carbonyl (C=O) groups is 7. The second kappa shape index (κ2) is 34.2. The first kappa shape index (κ1) is 61.9. The van der Waals surface area contributed by atoms with Crippen molar-refractivity contribution < 1.29 is 57.6 Å². The van der Waals surface area contributed by atoms with E-state index in [1.165, 1.54) is 0 Å². The molecule has 4 N–H and O–H groups in total. The number of rotatable bonds is 34. The van der Waals surface area contributed by atoms with Gasteiger partial charge >= 0.3 is 30.2 Å². The molecule has 1 aromatic rings. The number of benzene rings is 1. The van der Waals surface area contributed by atoms with Crippen molar-refractivity contribution in [2.24, 2.45) is 0 Å². The van der Waals surface area contributed by atoms with Crippen LogP contribution in [0, 0.1) is 0 Å². The Balaban J connectivity index is 2.62. The van der Waals surface area contributed by atoms with Gasteiger partial charge in [0, 0.05) is 58.5 Å². The van der Waals surface area contributed by atoms with Crippen LogP contribution in [0.3, 0.4) is 0 Å². The number of esters is 1. The van der Waals surface area contributed by atoms with Gasteiger partial charge in [0.15, 0.2) is 0 Å². The molecule has 0 fully saturated rings. The molecule has 5 amide bonds. The molecule has 0 aliphatic rings. The number of ether oxygens (including phenoxy) is 4. The Morgan fingerprint density at radius 2 is 0.957 bits per heavy atom. The molecule has 1 aromatic carbocycles. The molecule has 0 unspecified atom stereocenters. The lowest BCUT2D eigenvalue weighted by Crippen LogP contribution is -2.44. The number of hydrogen-bond acceptors (Lipinski definition) is 11. The van der Waals surface area contributed by atoms with Gasteiger partial charge in [-0.3, -0.25) is 14.4 Å². The lowest BCUT2D eigenvalue weighted by Gasteiger charge is -2.29. The molecule has 0 aliphatic heterocycles. The molecule has 0 saturated carbocycles. The van der Waals surface area contributed by atoms with Gasteiger partial charge in [-0.25, -0.2) is 19.2 Å². The van der Waals surface area contributed by atoms with E-state index in [1.807, 2.05) is 30.3 Å². The predicted molar refractivity (Wildman–Crippen MR) is 266 cm³/mol. The van der Waals surface area contributed by atoms with Crippen molar-refractivity contribution in [1.29, 1.82) is 0 Å². The Morgan fingerprint density at radius 3 is 1.42 bits per heavy atom. The van der Waals surface area contributed by atoms with Gasteiger partial charge in [-0.05, 0) is 113 Å². The van der Waals surface area contributed by atoms with Crippen molar-refractivity contribution in [3.8, 4) is 0 Å². The van der Waals surface area contributed by atoms with Crippen LogP contribution >= 0.6 is 0 Å². The summed E-state index contributed by atoms with van der Waals surface area (Å²) in [5.74, 6) is -1.90. The number of nitrogens with zero attached hydrogens (tertiary/aromatic N) is 2. The molecule has 1 atom stereocenters. The largest absolute Gasteiger partial charge is 0.481 e. The first-order chi connectivity index (χ1) is 32.4. The second-order valence-corrected chi connectivity index (χ2v) is 20.7. The van der Waals surface area contributed by atoms with E-state index in [0.717, 1.165) is 69.8 Å². The normalized spacial score (nSPS) is 12.0. The Bertz CT molecular complexity index is 1660. The van der Waals surface area contributed by atoms with Gasteiger partial charge in [0.2, 0.25) is 11.8 Å². The Hall–Kier alpha value is -5.09. The van der Waals surface area contributed by atoms with Crippen molar-refractivity contribution in [3.05, 3.63) is 35.9 Å². The maximum absolute atomic E-state index is 13.3. The molecule has 17 heteroatoms. The van der Waals surface area contributed by atoms with Crippen molar-refractivity contribution in [3.63, 3.8) is 0 Å². The van der Waals surface area contributed by atoms with Crippen molar-refractivity contribution in [1.82, 2.24) is 25.8 Å². The molecule has 0 saturated heterocycles. The summed E-state index contributed by atoms with van der Waals surface area (Å²) in [7, 11) is 0. The number of carbonyl (C=O) groups excluding carboxylic acids is 6. The molecular formula is C52H89N5O12. The average molecular weight is 976 g/mol. The minimum atomic E-state index is -0.980. The number of nitrogens with one attached hydrogen (secondary N) is 3. The van der Waals surface area contributed by atoms with E-state index in [2.05, 4.69) is 16.0 Å². The molecule has 17 nitrogen and oxygen atoms in total. The van der Waals surface area contributed by atoms with Crippen LogP contribution in [0.4, 0.5) is 14.4 Å². The highest BCUT2D eigenvalue weighted by Crippen LogP contribution is 2.16. The first-order valence-electron chi connectivity index (χ1n) is 25.3. The molecule has 0 radical (unpaired) electrons. The van der Waals surface area contributed by atoms with Gasteiger partial charge in [0.05, 0.1) is 0 Å². The molecule has 0 spiro atoms. The monoisotopic (exact) mass is 976 g/mol. The molecule has 0 aromatic heterocycles. The van der Waals surface area contributed by atoms with Gasteiger partial charge in [-0.15, -0.1) is 0 Å². The second-order valence-electron chi connectivity index (χ2n) is 20.7. The first-order valence-corrected chi connectivity index (χ1v) is 25.3. The molecular weight excluding hydrogens is 887 g/mol. The quantitative estimate of drug-likeness (QED) is 0.0288. The fraction of sp³-hybridized carbons (Fsp3) is 0.750. The molecule has 0 heterocycles. The Kier molecular flexibility index (Phi) is 30.7. The Labute approximate surface area is 413 Å². The summed E-state index contributed by atoms with van der Waals surface area (Å²) in [6.07, 6.45) is 12.1. The lowest BCUT2D eigenvalue weighted by molar-refractivity contribution is -0.159.